The Bertz CT molecular complexity index is 273. The molecule has 0 amide bonds. The van der Waals surface area contributed by atoms with Crippen molar-refractivity contribution in [2.75, 3.05) is 31.2 Å². The molecule has 3 heterocycles. The second-order valence-corrected chi connectivity index (χ2v) is 6.98. The molecule has 0 bridgehead atoms. The van der Waals surface area contributed by atoms with E-state index in [1.165, 1.54) is 12.2 Å². The third-order valence-electron chi connectivity index (χ3n) is 4.79. The minimum atomic E-state index is -0.421. The molecule has 1 spiro atoms. The topological polar surface area (TPSA) is 41.5 Å². The number of rotatable bonds is 1. The zero-order valence-corrected chi connectivity index (χ0v) is 11.2. The van der Waals surface area contributed by atoms with Gasteiger partial charge in [0.2, 0.25) is 0 Å². The van der Waals surface area contributed by atoms with E-state index in [4.69, 9.17) is 4.74 Å². The van der Waals surface area contributed by atoms with Crippen LogP contribution in [-0.4, -0.2) is 47.5 Å². The first-order valence-corrected chi connectivity index (χ1v) is 8.03. The SMILES string of the molecule is OC1(C2CCOC3(CCSC3)C2)CCNCC1. The largest absolute Gasteiger partial charge is 0.389 e. The molecule has 3 aliphatic heterocycles. The fourth-order valence-corrected chi connectivity index (χ4v) is 5.00. The summed E-state index contributed by atoms with van der Waals surface area (Å²) in [5.41, 5.74) is -0.316. The van der Waals surface area contributed by atoms with Gasteiger partial charge in [-0.05, 0) is 56.9 Å². The Morgan fingerprint density at radius 1 is 1.24 bits per heavy atom. The van der Waals surface area contributed by atoms with Crippen molar-refractivity contribution in [1.29, 1.82) is 0 Å². The van der Waals surface area contributed by atoms with Crippen LogP contribution in [0.5, 0.6) is 0 Å². The Balaban J connectivity index is 1.70. The maximum Gasteiger partial charge on any atom is 0.0784 e. The molecular weight excluding hydrogens is 234 g/mol. The Hall–Kier alpha value is 0.230. The minimum absolute atomic E-state index is 0.105. The number of hydrogen-bond donors (Lipinski definition) is 2. The highest BCUT2D eigenvalue weighted by molar-refractivity contribution is 7.99. The van der Waals surface area contributed by atoms with Crippen LogP contribution in [-0.2, 0) is 4.74 Å². The second kappa shape index (κ2) is 4.72. The quantitative estimate of drug-likeness (QED) is 0.745. The molecule has 3 aliphatic rings. The molecule has 2 unspecified atom stereocenters. The maximum atomic E-state index is 10.8. The highest BCUT2D eigenvalue weighted by Crippen LogP contribution is 2.45. The van der Waals surface area contributed by atoms with Crippen molar-refractivity contribution >= 4 is 11.8 Å². The molecule has 0 saturated carbocycles. The maximum absolute atomic E-state index is 10.8. The van der Waals surface area contributed by atoms with Crippen LogP contribution in [0.1, 0.15) is 32.1 Å². The first kappa shape index (κ1) is 12.3. The minimum Gasteiger partial charge on any atom is -0.389 e. The summed E-state index contributed by atoms with van der Waals surface area (Å²) in [6, 6.07) is 0. The van der Waals surface area contributed by atoms with Gasteiger partial charge in [0.25, 0.3) is 0 Å². The summed E-state index contributed by atoms with van der Waals surface area (Å²) in [6.07, 6.45) is 5.14. The predicted molar refractivity (Wildman–Crippen MR) is 70.4 cm³/mol. The molecule has 3 rings (SSSR count). The Labute approximate surface area is 108 Å². The van der Waals surface area contributed by atoms with Crippen LogP contribution in [0, 0.1) is 5.92 Å². The molecule has 0 radical (unpaired) electrons. The molecular formula is C13H23NO2S. The predicted octanol–water partition coefficient (Wildman–Crippen LogP) is 1.40. The van der Waals surface area contributed by atoms with Crippen LogP contribution >= 0.6 is 11.8 Å². The average molecular weight is 257 g/mol. The van der Waals surface area contributed by atoms with Crippen LogP contribution < -0.4 is 5.32 Å². The fourth-order valence-electron chi connectivity index (χ4n) is 3.62. The first-order valence-electron chi connectivity index (χ1n) is 6.87. The Morgan fingerprint density at radius 3 is 2.76 bits per heavy atom. The number of thioether (sulfide) groups is 1. The second-order valence-electron chi connectivity index (χ2n) is 5.88. The van der Waals surface area contributed by atoms with Crippen LogP contribution in [0.15, 0.2) is 0 Å². The van der Waals surface area contributed by atoms with Gasteiger partial charge in [-0.25, -0.2) is 0 Å². The molecule has 98 valence electrons. The average Bonchev–Trinajstić information content (AvgIpc) is 2.78. The van der Waals surface area contributed by atoms with Crippen molar-refractivity contribution in [2.45, 2.75) is 43.3 Å². The Morgan fingerprint density at radius 2 is 2.06 bits per heavy atom. The van der Waals surface area contributed by atoms with E-state index in [-0.39, 0.29) is 5.60 Å². The highest BCUT2D eigenvalue weighted by Gasteiger charge is 2.47. The van der Waals surface area contributed by atoms with Crippen molar-refractivity contribution in [3.05, 3.63) is 0 Å². The number of nitrogens with one attached hydrogen (secondary N) is 1. The van der Waals surface area contributed by atoms with Gasteiger partial charge in [0.1, 0.15) is 0 Å². The van der Waals surface area contributed by atoms with Crippen molar-refractivity contribution in [3.63, 3.8) is 0 Å². The molecule has 2 N–H and O–H groups in total. The number of hydrogen-bond acceptors (Lipinski definition) is 4. The monoisotopic (exact) mass is 257 g/mol. The lowest BCUT2D eigenvalue weighted by Gasteiger charge is -2.46. The summed E-state index contributed by atoms with van der Waals surface area (Å²) in [5, 5.41) is 14.2. The van der Waals surface area contributed by atoms with Gasteiger partial charge in [0, 0.05) is 12.4 Å². The van der Waals surface area contributed by atoms with E-state index in [2.05, 4.69) is 5.32 Å². The van der Waals surface area contributed by atoms with Crippen LogP contribution in [0.2, 0.25) is 0 Å². The summed E-state index contributed by atoms with van der Waals surface area (Å²) in [6.45, 7) is 2.78. The molecule has 3 nitrogen and oxygen atoms in total. The lowest BCUT2D eigenvalue weighted by Crippen LogP contribution is -2.52. The van der Waals surface area contributed by atoms with E-state index < -0.39 is 5.60 Å². The normalized spacial score (nSPS) is 41.8. The molecule has 2 atom stereocenters. The van der Waals surface area contributed by atoms with Gasteiger partial charge < -0.3 is 15.2 Å². The standard InChI is InChI=1S/C13H23NO2S/c15-13(2-5-14-6-3-13)11-1-7-16-12(9-11)4-8-17-10-12/h11,14-15H,1-10H2. The smallest absolute Gasteiger partial charge is 0.0784 e. The zero-order valence-electron chi connectivity index (χ0n) is 10.4. The summed E-state index contributed by atoms with van der Waals surface area (Å²) >= 11 is 2.01. The molecule has 0 aromatic heterocycles. The fraction of sp³-hybridized carbons (Fsp3) is 1.00. The Kier molecular flexibility index (Phi) is 3.41. The molecule has 0 aromatic rings. The lowest BCUT2D eigenvalue weighted by atomic mass is 9.71. The highest BCUT2D eigenvalue weighted by atomic mass is 32.2. The van der Waals surface area contributed by atoms with Crippen molar-refractivity contribution in [1.82, 2.24) is 5.32 Å². The molecule has 0 aliphatic carbocycles. The number of aliphatic hydroxyl groups is 1. The molecule has 4 heteroatoms. The molecule has 3 saturated heterocycles. The first-order chi connectivity index (χ1) is 8.23. The summed E-state index contributed by atoms with van der Waals surface area (Å²) < 4.78 is 6.04. The number of ether oxygens (including phenoxy) is 1. The van der Waals surface area contributed by atoms with Crippen molar-refractivity contribution in [3.8, 4) is 0 Å². The van der Waals surface area contributed by atoms with Gasteiger partial charge >= 0.3 is 0 Å². The summed E-state index contributed by atoms with van der Waals surface area (Å²) in [7, 11) is 0. The third kappa shape index (κ3) is 2.37. The van der Waals surface area contributed by atoms with E-state index in [1.54, 1.807) is 0 Å². The van der Waals surface area contributed by atoms with Gasteiger partial charge in [-0.3, -0.25) is 0 Å². The molecule has 0 aromatic carbocycles. The van der Waals surface area contributed by atoms with Crippen molar-refractivity contribution < 1.29 is 9.84 Å². The van der Waals surface area contributed by atoms with Gasteiger partial charge in [-0.15, -0.1) is 0 Å². The number of piperidine rings is 1. The van der Waals surface area contributed by atoms with Crippen LogP contribution in [0.25, 0.3) is 0 Å². The lowest BCUT2D eigenvalue weighted by molar-refractivity contribution is -0.139. The van der Waals surface area contributed by atoms with Gasteiger partial charge in [0.15, 0.2) is 0 Å². The van der Waals surface area contributed by atoms with Crippen molar-refractivity contribution in [2.24, 2.45) is 5.92 Å². The van der Waals surface area contributed by atoms with Crippen LogP contribution in [0.3, 0.4) is 0 Å². The van der Waals surface area contributed by atoms with E-state index in [0.29, 0.717) is 5.92 Å². The molecule has 17 heavy (non-hydrogen) atoms. The van der Waals surface area contributed by atoms with E-state index in [0.717, 1.165) is 51.1 Å². The van der Waals surface area contributed by atoms with E-state index in [1.807, 2.05) is 11.8 Å². The third-order valence-corrected chi connectivity index (χ3v) is 6.01. The van der Waals surface area contributed by atoms with Crippen LogP contribution in [0.4, 0.5) is 0 Å². The van der Waals surface area contributed by atoms with E-state index in [9.17, 15) is 5.11 Å². The van der Waals surface area contributed by atoms with Gasteiger partial charge in [-0.1, -0.05) is 0 Å². The summed E-state index contributed by atoms with van der Waals surface area (Å²) in [4.78, 5) is 0. The van der Waals surface area contributed by atoms with Gasteiger partial charge in [-0.2, -0.15) is 11.8 Å². The summed E-state index contributed by atoms with van der Waals surface area (Å²) in [5.74, 6) is 2.82. The van der Waals surface area contributed by atoms with E-state index >= 15 is 0 Å². The zero-order chi connectivity index (χ0) is 11.8. The van der Waals surface area contributed by atoms with Gasteiger partial charge in [0.05, 0.1) is 11.2 Å². The molecule has 3 fully saturated rings.